The zero-order chi connectivity index (χ0) is 17.6. The third kappa shape index (κ3) is 4.18. The Labute approximate surface area is 147 Å². The molecule has 130 valence electrons. The molecular weight excluding hydrogens is 316 g/mol. The van der Waals surface area contributed by atoms with E-state index >= 15 is 0 Å². The largest absolute Gasteiger partial charge is 0.483 e. The van der Waals surface area contributed by atoms with Gasteiger partial charge >= 0.3 is 0 Å². The summed E-state index contributed by atoms with van der Waals surface area (Å²) >= 11 is 0. The molecule has 0 aliphatic heterocycles. The van der Waals surface area contributed by atoms with Crippen LogP contribution in [-0.4, -0.2) is 25.0 Å². The van der Waals surface area contributed by atoms with Gasteiger partial charge in [0, 0.05) is 12.5 Å². The first-order valence-electron chi connectivity index (χ1n) is 8.51. The molecule has 25 heavy (non-hydrogen) atoms. The van der Waals surface area contributed by atoms with Crippen molar-refractivity contribution in [1.82, 2.24) is 5.32 Å². The van der Waals surface area contributed by atoms with Crippen LogP contribution in [0.1, 0.15) is 40.2 Å². The van der Waals surface area contributed by atoms with E-state index in [0.717, 1.165) is 19.3 Å². The maximum atomic E-state index is 12.6. The van der Waals surface area contributed by atoms with E-state index < -0.39 is 5.91 Å². The van der Waals surface area contributed by atoms with Crippen molar-refractivity contribution in [3.05, 3.63) is 65.2 Å². The van der Waals surface area contributed by atoms with Crippen molar-refractivity contribution < 1.29 is 14.3 Å². The van der Waals surface area contributed by atoms with Crippen LogP contribution in [0.15, 0.2) is 48.5 Å². The molecule has 0 heterocycles. The van der Waals surface area contributed by atoms with E-state index in [2.05, 4.69) is 23.5 Å². The lowest BCUT2D eigenvalue weighted by Gasteiger charge is -2.25. The number of primary amides is 1. The summed E-state index contributed by atoms with van der Waals surface area (Å²) in [5.41, 5.74) is 8.21. The van der Waals surface area contributed by atoms with Gasteiger partial charge in [-0.2, -0.15) is 0 Å². The maximum Gasteiger partial charge on any atom is 0.255 e. The lowest BCUT2D eigenvalue weighted by molar-refractivity contribution is -0.119. The minimum Gasteiger partial charge on any atom is -0.483 e. The first-order chi connectivity index (χ1) is 12.1. The van der Waals surface area contributed by atoms with Gasteiger partial charge in [0.15, 0.2) is 6.61 Å². The molecule has 3 rings (SSSR count). The molecule has 2 amide bonds. The van der Waals surface area contributed by atoms with Crippen molar-refractivity contribution in [3.63, 3.8) is 0 Å². The minimum absolute atomic E-state index is 0.205. The SMILES string of the molecule is NC(=O)COc1ccccc1C(=O)NCC1CCCc2ccccc21. The summed E-state index contributed by atoms with van der Waals surface area (Å²) in [4.78, 5) is 23.5. The Morgan fingerprint density at radius 1 is 1.12 bits per heavy atom. The number of rotatable bonds is 6. The van der Waals surface area contributed by atoms with E-state index in [1.54, 1.807) is 24.3 Å². The predicted molar refractivity (Wildman–Crippen MR) is 95.6 cm³/mol. The van der Waals surface area contributed by atoms with Gasteiger partial charge in [0.2, 0.25) is 0 Å². The normalized spacial score (nSPS) is 15.9. The number of ether oxygens (including phenoxy) is 1. The molecule has 5 heteroatoms. The number of nitrogens with one attached hydrogen (secondary N) is 1. The lowest BCUT2D eigenvalue weighted by Crippen LogP contribution is -2.30. The number of carbonyl (C=O) groups is 2. The molecule has 1 atom stereocenters. The van der Waals surface area contributed by atoms with Crippen LogP contribution in [0.4, 0.5) is 0 Å². The van der Waals surface area contributed by atoms with Crippen LogP contribution in [0, 0.1) is 0 Å². The van der Waals surface area contributed by atoms with E-state index in [1.165, 1.54) is 11.1 Å². The van der Waals surface area contributed by atoms with Gasteiger partial charge in [-0.25, -0.2) is 0 Å². The van der Waals surface area contributed by atoms with Gasteiger partial charge in [-0.15, -0.1) is 0 Å². The fourth-order valence-electron chi connectivity index (χ4n) is 3.31. The molecule has 1 unspecified atom stereocenters. The third-order valence-electron chi connectivity index (χ3n) is 4.50. The quantitative estimate of drug-likeness (QED) is 0.848. The molecule has 0 saturated carbocycles. The van der Waals surface area contributed by atoms with Crippen LogP contribution in [0.5, 0.6) is 5.75 Å². The molecule has 0 spiro atoms. The van der Waals surface area contributed by atoms with Gasteiger partial charge in [-0.1, -0.05) is 36.4 Å². The van der Waals surface area contributed by atoms with Gasteiger partial charge in [-0.05, 0) is 42.5 Å². The minimum atomic E-state index is -0.575. The topological polar surface area (TPSA) is 81.4 Å². The van der Waals surface area contributed by atoms with Crippen molar-refractivity contribution >= 4 is 11.8 Å². The second-order valence-electron chi connectivity index (χ2n) is 6.25. The van der Waals surface area contributed by atoms with E-state index in [0.29, 0.717) is 23.8 Å². The molecule has 0 radical (unpaired) electrons. The van der Waals surface area contributed by atoms with Crippen LogP contribution in [-0.2, 0) is 11.2 Å². The zero-order valence-electron chi connectivity index (χ0n) is 14.0. The number of nitrogens with two attached hydrogens (primary N) is 1. The lowest BCUT2D eigenvalue weighted by atomic mass is 9.83. The van der Waals surface area contributed by atoms with E-state index in [1.807, 2.05) is 6.07 Å². The molecule has 0 aromatic heterocycles. The average molecular weight is 338 g/mol. The van der Waals surface area contributed by atoms with Gasteiger partial charge in [0.1, 0.15) is 5.75 Å². The number of carbonyl (C=O) groups excluding carboxylic acids is 2. The number of benzene rings is 2. The molecule has 5 nitrogen and oxygen atoms in total. The average Bonchev–Trinajstić information content (AvgIpc) is 2.64. The van der Waals surface area contributed by atoms with E-state index in [4.69, 9.17) is 10.5 Å². The van der Waals surface area contributed by atoms with Crippen molar-refractivity contribution in [2.75, 3.05) is 13.2 Å². The fraction of sp³-hybridized carbons (Fsp3) is 0.300. The van der Waals surface area contributed by atoms with Crippen LogP contribution in [0.2, 0.25) is 0 Å². The van der Waals surface area contributed by atoms with Crippen LogP contribution in [0.3, 0.4) is 0 Å². The molecule has 1 aliphatic rings. The Bertz CT molecular complexity index is 773. The maximum absolute atomic E-state index is 12.6. The number of amides is 2. The zero-order valence-corrected chi connectivity index (χ0v) is 14.0. The third-order valence-corrected chi connectivity index (χ3v) is 4.50. The number of fused-ring (bicyclic) bond motifs is 1. The smallest absolute Gasteiger partial charge is 0.255 e. The summed E-state index contributed by atoms with van der Waals surface area (Å²) in [6, 6.07) is 15.3. The first-order valence-corrected chi connectivity index (χ1v) is 8.51. The van der Waals surface area contributed by atoms with Crippen LogP contribution < -0.4 is 15.8 Å². The van der Waals surface area contributed by atoms with Gasteiger partial charge in [0.05, 0.1) is 5.56 Å². The fourth-order valence-corrected chi connectivity index (χ4v) is 3.31. The first kappa shape index (κ1) is 17.0. The predicted octanol–water partition coefficient (Wildman–Crippen LogP) is 2.40. The van der Waals surface area contributed by atoms with E-state index in [9.17, 15) is 9.59 Å². The number of para-hydroxylation sites is 1. The number of aryl methyl sites for hydroxylation is 1. The molecule has 2 aromatic carbocycles. The van der Waals surface area contributed by atoms with Gasteiger partial charge in [-0.3, -0.25) is 9.59 Å². The van der Waals surface area contributed by atoms with Crippen molar-refractivity contribution in [2.45, 2.75) is 25.2 Å². The summed E-state index contributed by atoms with van der Waals surface area (Å²) in [6.07, 6.45) is 3.30. The van der Waals surface area contributed by atoms with Crippen LogP contribution >= 0.6 is 0 Å². The molecule has 0 saturated heterocycles. The summed E-state index contributed by atoms with van der Waals surface area (Å²) in [6.45, 7) is 0.334. The van der Waals surface area contributed by atoms with Crippen molar-refractivity contribution in [1.29, 1.82) is 0 Å². The number of hydrogen-bond donors (Lipinski definition) is 2. The Morgan fingerprint density at radius 2 is 1.88 bits per heavy atom. The molecule has 3 N–H and O–H groups in total. The Morgan fingerprint density at radius 3 is 2.72 bits per heavy atom. The molecule has 1 aliphatic carbocycles. The Kier molecular flexibility index (Phi) is 5.33. The van der Waals surface area contributed by atoms with Crippen LogP contribution in [0.25, 0.3) is 0 Å². The second kappa shape index (κ2) is 7.83. The summed E-state index contributed by atoms with van der Waals surface area (Å²) < 4.78 is 5.33. The standard InChI is InChI=1S/C20H22N2O3/c21-19(23)13-25-18-11-4-3-10-17(18)20(24)22-12-15-8-5-7-14-6-1-2-9-16(14)15/h1-4,6,9-11,15H,5,7-8,12-13H2,(H2,21,23)(H,22,24). The summed E-state index contributed by atoms with van der Waals surface area (Å²) in [5.74, 6) is -0.0902. The highest BCUT2D eigenvalue weighted by atomic mass is 16.5. The second-order valence-corrected chi connectivity index (χ2v) is 6.25. The Hall–Kier alpha value is -2.82. The summed E-state index contributed by atoms with van der Waals surface area (Å²) in [7, 11) is 0. The van der Waals surface area contributed by atoms with Gasteiger partial charge in [0.25, 0.3) is 11.8 Å². The molecular formula is C20H22N2O3. The highest BCUT2D eigenvalue weighted by Crippen LogP contribution is 2.31. The Balaban J connectivity index is 1.67. The molecule has 0 fully saturated rings. The number of hydrogen-bond acceptors (Lipinski definition) is 3. The van der Waals surface area contributed by atoms with Gasteiger partial charge < -0.3 is 15.8 Å². The monoisotopic (exact) mass is 338 g/mol. The van der Waals surface area contributed by atoms with Crippen molar-refractivity contribution in [3.8, 4) is 5.75 Å². The summed E-state index contributed by atoms with van der Waals surface area (Å²) in [5, 5.41) is 3.00. The van der Waals surface area contributed by atoms with E-state index in [-0.39, 0.29) is 12.5 Å². The highest BCUT2D eigenvalue weighted by molar-refractivity contribution is 5.97. The molecule has 0 bridgehead atoms. The van der Waals surface area contributed by atoms with Crippen molar-refractivity contribution in [2.24, 2.45) is 5.73 Å². The highest BCUT2D eigenvalue weighted by Gasteiger charge is 2.21. The molecule has 2 aromatic rings.